The average Bonchev–Trinajstić information content (AvgIpc) is 3.51. The van der Waals surface area contributed by atoms with E-state index < -0.39 is 17.6 Å². The van der Waals surface area contributed by atoms with Crippen LogP contribution in [0, 0.1) is 24.6 Å². The first-order valence-electron chi connectivity index (χ1n) is 12.1. The van der Waals surface area contributed by atoms with Crippen molar-refractivity contribution in [2.75, 3.05) is 18.4 Å². The summed E-state index contributed by atoms with van der Waals surface area (Å²) in [7, 11) is 0. The van der Waals surface area contributed by atoms with Gasteiger partial charge in [-0.25, -0.2) is 9.37 Å². The molecule has 1 saturated heterocycles. The van der Waals surface area contributed by atoms with Gasteiger partial charge in [0.1, 0.15) is 5.82 Å². The van der Waals surface area contributed by atoms with Gasteiger partial charge >= 0.3 is 0 Å². The summed E-state index contributed by atoms with van der Waals surface area (Å²) in [5.41, 5.74) is 4.08. The molecule has 1 aromatic carbocycles. The first-order chi connectivity index (χ1) is 17.4. The van der Waals surface area contributed by atoms with Crippen molar-refractivity contribution in [1.82, 2.24) is 14.9 Å². The van der Waals surface area contributed by atoms with Gasteiger partial charge in [-0.15, -0.1) is 11.3 Å². The van der Waals surface area contributed by atoms with Crippen LogP contribution in [0.2, 0.25) is 0 Å². The van der Waals surface area contributed by atoms with E-state index in [9.17, 15) is 18.8 Å². The number of fused-ring (bicyclic) bond motifs is 1. The third-order valence-electron chi connectivity index (χ3n) is 7.01. The van der Waals surface area contributed by atoms with Crippen LogP contribution in [-0.4, -0.2) is 45.6 Å². The second-order valence-electron chi connectivity index (χ2n) is 9.41. The van der Waals surface area contributed by atoms with E-state index in [4.69, 9.17) is 0 Å². The summed E-state index contributed by atoms with van der Waals surface area (Å²) < 4.78 is 13.2. The smallest absolute Gasteiger partial charge is 0.294 e. The number of halogens is 1. The number of hydrogen-bond donors (Lipinski definition) is 2. The van der Waals surface area contributed by atoms with Crippen LogP contribution in [-0.2, 0) is 22.4 Å². The number of rotatable bonds is 6. The van der Waals surface area contributed by atoms with Gasteiger partial charge in [0, 0.05) is 42.0 Å². The highest BCUT2D eigenvalue weighted by Crippen LogP contribution is 2.31. The fourth-order valence-corrected chi connectivity index (χ4v) is 5.61. The van der Waals surface area contributed by atoms with Crippen LogP contribution >= 0.6 is 11.3 Å². The normalized spacial score (nSPS) is 17.6. The molecule has 0 spiro atoms. The molecule has 1 aliphatic carbocycles. The number of benzene rings is 1. The number of H-pyrrole nitrogens is 1. The van der Waals surface area contributed by atoms with Crippen molar-refractivity contribution in [3.63, 3.8) is 0 Å². The topological polar surface area (TPSA) is 95.2 Å². The second-order valence-corrected chi connectivity index (χ2v) is 10.3. The van der Waals surface area contributed by atoms with Gasteiger partial charge < -0.3 is 9.88 Å². The lowest BCUT2D eigenvalue weighted by Crippen LogP contribution is -2.39. The summed E-state index contributed by atoms with van der Waals surface area (Å²) in [6.45, 7) is 3.17. The van der Waals surface area contributed by atoms with Crippen LogP contribution in [0.1, 0.15) is 45.7 Å². The number of ketones is 1. The van der Waals surface area contributed by atoms with Crippen molar-refractivity contribution in [1.29, 1.82) is 0 Å². The lowest BCUT2D eigenvalue weighted by Gasteiger charge is -2.32. The van der Waals surface area contributed by atoms with E-state index in [0.717, 1.165) is 41.8 Å². The summed E-state index contributed by atoms with van der Waals surface area (Å²) >= 11 is 1.25. The Kier molecular flexibility index (Phi) is 6.82. The molecular weight excluding hydrogens is 479 g/mol. The zero-order chi connectivity index (χ0) is 25.2. The Hall–Kier alpha value is -3.59. The molecule has 36 heavy (non-hydrogen) atoms. The molecule has 1 aliphatic heterocycles. The number of anilines is 1. The molecule has 0 bridgehead atoms. The highest BCUT2D eigenvalue weighted by atomic mass is 32.1. The number of nitrogens with zero attached hydrogens (tertiary/aromatic N) is 2. The number of Topliss-reactive ketones (excluding diaryl/α,β-unsaturated/α-hetero) is 1. The number of aromatic nitrogens is 2. The van der Waals surface area contributed by atoms with Gasteiger partial charge in [0.15, 0.2) is 5.13 Å². The first-order valence-corrected chi connectivity index (χ1v) is 12.9. The average molecular weight is 507 g/mol. The van der Waals surface area contributed by atoms with Crippen LogP contribution in [0.3, 0.4) is 0 Å². The third-order valence-corrected chi connectivity index (χ3v) is 7.70. The van der Waals surface area contributed by atoms with Crippen LogP contribution < -0.4 is 5.32 Å². The van der Waals surface area contributed by atoms with Crippen LogP contribution in [0.4, 0.5) is 9.52 Å². The van der Waals surface area contributed by atoms with Gasteiger partial charge in [-0.3, -0.25) is 19.7 Å². The van der Waals surface area contributed by atoms with Crippen molar-refractivity contribution in [3.8, 4) is 0 Å². The van der Waals surface area contributed by atoms with Crippen LogP contribution in [0.15, 0.2) is 41.9 Å². The molecule has 2 aliphatic rings. The number of aromatic amines is 1. The third kappa shape index (κ3) is 5.02. The van der Waals surface area contributed by atoms with E-state index in [1.165, 1.54) is 23.5 Å². The summed E-state index contributed by atoms with van der Waals surface area (Å²) in [6.07, 6.45) is 8.00. The number of hydrogen-bond acceptors (Lipinski definition) is 5. The number of aryl methyl sites for hydroxylation is 1. The summed E-state index contributed by atoms with van der Waals surface area (Å²) in [5, 5.41) is 4.65. The monoisotopic (exact) mass is 506 g/mol. The highest BCUT2D eigenvalue weighted by molar-refractivity contribution is 7.13. The lowest BCUT2D eigenvalue weighted by atomic mass is 9.87. The minimum absolute atomic E-state index is 0.0426. The van der Waals surface area contributed by atoms with Gasteiger partial charge in [0.25, 0.3) is 11.8 Å². The molecule has 1 fully saturated rings. The molecule has 5 rings (SSSR count). The van der Waals surface area contributed by atoms with E-state index in [1.54, 1.807) is 23.7 Å². The van der Waals surface area contributed by atoms with Crippen molar-refractivity contribution < 1.29 is 18.8 Å². The number of likely N-dealkylation sites (tertiary alicyclic amines) is 1. The zero-order valence-corrected chi connectivity index (χ0v) is 20.7. The molecule has 2 aromatic heterocycles. The molecule has 7 nitrogen and oxygen atoms in total. The van der Waals surface area contributed by atoms with Gasteiger partial charge in [-0.1, -0.05) is 18.2 Å². The minimum atomic E-state index is -0.702. The molecule has 3 aromatic rings. The number of amides is 2. The first kappa shape index (κ1) is 24.1. The van der Waals surface area contributed by atoms with Crippen LogP contribution in [0.25, 0.3) is 6.08 Å². The van der Waals surface area contributed by atoms with Crippen molar-refractivity contribution in [2.24, 2.45) is 11.8 Å². The number of carbonyl (C=O) groups excluding carboxylic acids is 3. The fourth-order valence-electron chi connectivity index (χ4n) is 5.09. The molecule has 2 amide bonds. The molecule has 3 heterocycles. The number of allylic oxidation sites excluding steroid dienone is 1. The second kappa shape index (κ2) is 10.2. The molecular formula is C27H27FN4O3S. The Balaban J connectivity index is 1.24. The van der Waals surface area contributed by atoms with Crippen molar-refractivity contribution in [2.45, 2.75) is 32.6 Å². The van der Waals surface area contributed by atoms with E-state index in [0.29, 0.717) is 36.1 Å². The van der Waals surface area contributed by atoms with Crippen molar-refractivity contribution >= 4 is 40.1 Å². The standard InChI is InChI=1S/C27H27FN4O3S/c1-16-23(26(35)32-11-8-18(9-12-32)14-17-2-5-20(28)6-3-17)21-15-19(4-7-22(21)30-16)24(33)25(34)31-27-29-10-13-36-27/h2-7,10,13,18-19,30H,8-9,11-12,14-15H2,1H3,(H,29,31,34). The predicted octanol–water partition coefficient (Wildman–Crippen LogP) is 4.41. The molecule has 1 unspecified atom stereocenters. The Morgan fingerprint density at radius 1 is 1.19 bits per heavy atom. The molecule has 2 N–H and O–H groups in total. The Morgan fingerprint density at radius 3 is 2.64 bits per heavy atom. The number of nitrogens with one attached hydrogen (secondary N) is 2. The van der Waals surface area contributed by atoms with E-state index >= 15 is 0 Å². The number of carbonyl (C=O) groups is 3. The molecule has 0 radical (unpaired) electrons. The Bertz CT molecular complexity index is 1310. The lowest BCUT2D eigenvalue weighted by molar-refractivity contribution is -0.136. The zero-order valence-electron chi connectivity index (χ0n) is 19.9. The maximum atomic E-state index is 13.5. The maximum Gasteiger partial charge on any atom is 0.294 e. The predicted molar refractivity (Wildman–Crippen MR) is 136 cm³/mol. The Morgan fingerprint density at radius 2 is 1.94 bits per heavy atom. The molecule has 0 saturated carbocycles. The largest absolute Gasteiger partial charge is 0.358 e. The number of piperidine rings is 1. The molecule has 9 heteroatoms. The Labute approximate surface area is 212 Å². The molecule has 1 atom stereocenters. The van der Waals surface area contributed by atoms with E-state index in [-0.39, 0.29) is 11.7 Å². The number of thiazole rings is 1. The summed E-state index contributed by atoms with van der Waals surface area (Å²) in [6, 6.07) is 6.62. The fraction of sp³-hybridized carbons (Fsp3) is 0.333. The van der Waals surface area contributed by atoms with E-state index in [2.05, 4.69) is 15.3 Å². The highest BCUT2D eigenvalue weighted by Gasteiger charge is 2.33. The van der Waals surface area contributed by atoms with Crippen LogP contribution in [0.5, 0.6) is 0 Å². The van der Waals surface area contributed by atoms with Crippen molar-refractivity contribution in [3.05, 3.63) is 75.8 Å². The van der Waals surface area contributed by atoms with Gasteiger partial charge in [-0.05, 0) is 67.9 Å². The molecule has 186 valence electrons. The summed E-state index contributed by atoms with van der Waals surface area (Å²) in [5.74, 6) is -1.72. The van der Waals surface area contributed by atoms with E-state index in [1.807, 2.05) is 24.0 Å². The summed E-state index contributed by atoms with van der Waals surface area (Å²) in [4.78, 5) is 47.9. The minimum Gasteiger partial charge on any atom is -0.358 e. The van der Waals surface area contributed by atoms with Gasteiger partial charge in [-0.2, -0.15) is 0 Å². The van der Waals surface area contributed by atoms with Gasteiger partial charge in [0.2, 0.25) is 5.78 Å². The quantitative estimate of drug-likeness (QED) is 0.484. The van der Waals surface area contributed by atoms with Gasteiger partial charge in [0.05, 0.1) is 5.56 Å². The maximum absolute atomic E-state index is 13.5. The SMILES string of the molecule is Cc1[nH]c2c(c1C(=O)N1CCC(Cc3ccc(F)cc3)CC1)CC(C(=O)C(=O)Nc1nccs1)C=C2.